The summed E-state index contributed by atoms with van der Waals surface area (Å²) in [6.07, 6.45) is 2.74. The summed E-state index contributed by atoms with van der Waals surface area (Å²) >= 11 is 0. The highest BCUT2D eigenvalue weighted by Crippen LogP contribution is 2.49. The zero-order valence-corrected chi connectivity index (χ0v) is 12.0. The average molecular weight is 283 g/mol. The molecule has 2 aliphatic heterocycles. The molecule has 1 amide bonds. The number of hydrogen-bond acceptors (Lipinski definition) is 3. The van der Waals surface area contributed by atoms with Crippen LogP contribution < -0.4 is 4.90 Å². The number of amides is 1. The minimum absolute atomic E-state index is 0.0358. The predicted octanol–water partition coefficient (Wildman–Crippen LogP) is 2.33. The number of para-hydroxylation sites is 1. The summed E-state index contributed by atoms with van der Waals surface area (Å²) in [4.78, 5) is 26.7. The van der Waals surface area contributed by atoms with E-state index in [1.54, 1.807) is 11.9 Å². The summed E-state index contributed by atoms with van der Waals surface area (Å²) in [5.74, 6) is 1.00. The van der Waals surface area contributed by atoms with E-state index in [4.69, 9.17) is 4.74 Å². The van der Waals surface area contributed by atoms with Gasteiger partial charge in [0.25, 0.3) is 0 Å². The molecule has 108 valence electrons. The Kier molecular flexibility index (Phi) is 2.52. The van der Waals surface area contributed by atoms with Gasteiger partial charge in [-0.2, -0.15) is 0 Å². The first-order valence-electron chi connectivity index (χ1n) is 7.39. The number of anilines is 1. The Morgan fingerprint density at radius 1 is 1.19 bits per heavy atom. The summed E-state index contributed by atoms with van der Waals surface area (Å²) < 4.78 is 5.88. The molecule has 2 heterocycles. The number of rotatable bonds is 0. The molecule has 4 heteroatoms. The Bertz CT molecular complexity index is 691. The van der Waals surface area contributed by atoms with Crippen molar-refractivity contribution in [1.29, 1.82) is 0 Å². The molecular formula is C17H17NO3. The monoisotopic (exact) mass is 283 g/mol. The van der Waals surface area contributed by atoms with E-state index in [0.717, 1.165) is 35.4 Å². The maximum Gasteiger partial charge on any atom is 0.241 e. The van der Waals surface area contributed by atoms with E-state index in [-0.39, 0.29) is 11.7 Å². The number of carbonyl (C=O) groups is 2. The van der Waals surface area contributed by atoms with E-state index in [9.17, 15) is 9.59 Å². The molecule has 0 saturated heterocycles. The standard InChI is InChI=1S/C17H17NO3/c1-18-13-6-3-2-5-12(13)17(16(18)20)9-11-14(19)7-4-8-15(11)21-10-17/h2-3,5-6H,4,7-10H2,1H3/t17-/m1/s1. The Morgan fingerprint density at radius 3 is 2.86 bits per heavy atom. The van der Waals surface area contributed by atoms with Gasteiger partial charge in [0.15, 0.2) is 5.78 Å². The normalized spacial score (nSPS) is 27.8. The molecule has 0 radical (unpaired) electrons. The molecule has 3 aliphatic rings. The van der Waals surface area contributed by atoms with Gasteiger partial charge in [0.2, 0.25) is 5.91 Å². The van der Waals surface area contributed by atoms with E-state index in [1.807, 2.05) is 24.3 Å². The number of ketones is 1. The Balaban J connectivity index is 1.85. The minimum Gasteiger partial charge on any atom is -0.496 e. The number of nitrogens with zero attached hydrogens (tertiary/aromatic N) is 1. The van der Waals surface area contributed by atoms with Crippen molar-refractivity contribution in [3.63, 3.8) is 0 Å². The summed E-state index contributed by atoms with van der Waals surface area (Å²) in [7, 11) is 1.79. The first-order chi connectivity index (χ1) is 10.1. The summed E-state index contributed by atoms with van der Waals surface area (Å²) in [6, 6.07) is 7.81. The maximum atomic E-state index is 12.8. The smallest absolute Gasteiger partial charge is 0.241 e. The van der Waals surface area contributed by atoms with Gasteiger partial charge in [-0.3, -0.25) is 9.59 Å². The van der Waals surface area contributed by atoms with Crippen LogP contribution in [0.3, 0.4) is 0 Å². The lowest BCUT2D eigenvalue weighted by Gasteiger charge is -2.36. The van der Waals surface area contributed by atoms with E-state index in [0.29, 0.717) is 19.4 Å². The van der Waals surface area contributed by atoms with Crippen LogP contribution in [0.5, 0.6) is 0 Å². The fourth-order valence-corrected chi connectivity index (χ4v) is 3.81. The summed E-state index contributed by atoms with van der Waals surface area (Å²) in [5.41, 5.74) is 1.95. The van der Waals surface area contributed by atoms with Gasteiger partial charge >= 0.3 is 0 Å². The predicted molar refractivity (Wildman–Crippen MR) is 78.0 cm³/mol. The van der Waals surface area contributed by atoms with Crippen molar-refractivity contribution < 1.29 is 14.3 Å². The van der Waals surface area contributed by atoms with Crippen LogP contribution in [0.25, 0.3) is 0 Å². The van der Waals surface area contributed by atoms with Crippen molar-refractivity contribution in [3.05, 3.63) is 41.2 Å². The van der Waals surface area contributed by atoms with Crippen molar-refractivity contribution in [2.75, 3.05) is 18.6 Å². The molecular weight excluding hydrogens is 266 g/mol. The molecule has 0 fully saturated rings. The van der Waals surface area contributed by atoms with E-state index < -0.39 is 5.41 Å². The van der Waals surface area contributed by atoms with Crippen molar-refractivity contribution in [2.24, 2.45) is 0 Å². The second kappa shape index (κ2) is 4.20. The van der Waals surface area contributed by atoms with Crippen LogP contribution in [-0.2, 0) is 19.7 Å². The van der Waals surface area contributed by atoms with Crippen molar-refractivity contribution in [3.8, 4) is 0 Å². The topological polar surface area (TPSA) is 46.6 Å². The quantitative estimate of drug-likeness (QED) is 0.734. The minimum atomic E-state index is -0.711. The van der Waals surface area contributed by atoms with Crippen LogP contribution in [0.2, 0.25) is 0 Å². The zero-order chi connectivity index (χ0) is 14.6. The third-order valence-corrected chi connectivity index (χ3v) is 4.95. The number of carbonyl (C=O) groups excluding carboxylic acids is 2. The first kappa shape index (κ1) is 12.6. The molecule has 0 N–H and O–H groups in total. The van der Waals surface area contributed by atoms with Crippen LogP contribution in [0.1, 0.15) is 31.2 Å². The van der Waals surface area contributed by atoms with E-state index in [1.165, 1.54) is 0 Å². The number of fused-ring (bicyclic) bond motifs is 2. The number of allylic oxidation sites excluding steroid dienone is 2. The van der Waals surface area contributed by atoms with Crippen LogP contribution in [0.4, 0.5) is 5.69 Å². The molecule has 4 nitrogen and oxygen atoms in total. The SMILES string of the molecule is CN1C(=O)[C@]2(COC3=C(C2)C(=O)CCC3)c2ccccc21. The van der Waals surface area contributed by atoms with Gasteiger partial charge in [-0.1, -0.05) is 18.2 Å². The highest BCUT2D eigenvalue weighted by Gasteiger charge is 2.53. The molecule has 1 aliphatic carbocycles. The van der Waals surface area contributed by atoms with Crippen molar-refractivity contribution in [1.82, 2.24) is 0 Å². The van der Waals surface area contributed by atoms with Gasteiger partial charge in [0.1, 0.15) is 17.8 Å². The molecule has 1 aromatic rings. The van der Waals surface area contributed by atoms with Gasteiger partial charge in [0, 0.05) is 37.6 Å². The highest BCUT2D eigenvalue weighted by molar-refractivity contribution is 6.09. The number of hydrogen-bond donors (Lipinski definition) is 0. The fraction of sp³-hybridized carbons (Fsp3) is 0.412. The van der Waals surface area contributed by atoms with Gasteiger partial charge in [-0.25, -0.2) is 0 Å². The van der Waals surface area contributed by atoms with Crippen molar-refractivity contribution >= 4 is 17.4 Å². The molecule has 21 heavy (non-hydrogen) atoms. The van der Waals surface area contributed by atoms with Gasteiger partial charge in [-0.05, 0) is 18.1 Å². The number of Topliss-reactive ketones (excluding diaryl/α,β-unsaturated/α-hetero) is 1. The second-order valence-corrected chi connectivity index (χ2v) is 6.11. The van der Waals surface area contributed by atoms with E-state index in [2.05, 4.69) is 0 Å². The van der Waals surface area contributed by atoms with Gasteiger partial charge in [0.05, 0.1) is 0 Å². The van der Waals surface area contributed by atoms with Crippen LogP contribution in [0.15, 0.2) is 35.6 Å². The third kappa shape index (κ3) is 1.56. The Morgan fingerprint density at radius 2 is 2.00 bits per heavy atom. The number of benzene rings is 1. The molecule has 1 aromatic carbocycles. The molecule has 0 bridgehead atoms. The Labute approximate surface area is 123 Å². The Hall–Kier alpha value is -2.10. The summed E-state index contributed by atoms with van der Waals surface area (Å²) in [6.45, 7) is 0.347. The van der Waals surface area contributed by atoms with Crippen LogP contribution in [0, 0.1) is 0 Å². The molecule has 1 atom stereocenters. The molecule has 1 spiro atoms. The summed E-state index contributed by atoms with van der Waals surface area (Å²) in [5, 5.41) is 0. The lowest BCUT2D eigenvalue weighted by molar-refractivity contribution is -0.126. The first-order valence-corrected chi connectivity index (χ1v) is 7.39. The highest BCUT2D eigenvalue weighted by atomic mass is 16.5. The van der Waals surface area contributed by atoms with Gasteiger partial charge < -0.3 is 9.64 Å². The van der Waals surface area contributed by atoms with E-state index >= 15 is 0 Å². The number of likely N-dealkylation sites (N-methyl/N-ethyl adjacent to an activating group) is 1. The maximum absolute atomic E-state index is 12.8. The van der Waals surface area contributed by atoms with Crippen LogP contribution >= 0.6 is 0 Å². The lowest BCUT2D eigenvalue weighted by atomic mass is 9.73. The third-order valence-electron chi connectivity index (χ3n) is 4.95. The molecule has 0 saturated carbocycles. The fourth-order valence-electron chi connectivity index (χ4n) is 3.81. The second-order valence-electron chi connectivity index (χ2n) is 6.11. The zero-order valence-electron chi connectivity index (χ0n) is 12.0. The lowest BCUT2D eigenvalue weighted by Crippen LogP contribution is -2.46. The van der Waals surface area contributed by atoms with Gasteiger partial charge in [-0.15, -0.1) is 0 Å². The average Bonchev–Trinajstić information content (AvgIpc) is 2.72. The molecule has 0 aromatic heterocycles. The van der Waals surface area contributed by atoms with Crippen LogP contribution in [-0.4, -0.2) is 25.3 Å². The van der Waals surface area contributed by atoms with Crippen molar-refractivity contribution in [2.45, 2.75) is 31.1 Å². The molecule has 0 unspecified atom stereocenters. The molecule has 4 rings (SSSR count). The number of ether oxygens (including phenoxy) is 1. The largest absolute Gasteiger partial charge is 0.496 e.